The number of nitrogens with zero attached hydrogens (tertiary/aromatic N) is 1. The molecule has 2 rings (SSSR count). The van der Waals surface area contributed by atoms with Gasteiger partial charge in [-0.25, -0.2) is 4.79 Å². The van der Waals surface area contributed by atoms with Gasteiger partial charge in [0.25, 0.3) is 5.91 Å². The third-order valence-corrected chi connectivity index (χ3v) is 2.82. The summed E-state index contributed by atoms with van der Waals surface area (Å²) in [6.45, 7) is 1.21. The van der Waals surface area contributed by atoms with E-state index in [4.69, 9.17) is 5.11 Å². The zero-order valence-corrected chi connectivity index (χ0v) is 9.71. The van der Waals surface area contributed by atoms with E-state index >= 15 is 0 Å². The van der Waals surface area contributed by atoms with Gasteiger partial charge in [-0.2, -0.15) is 0 Å². The second-order valence-electron chi connectivity index (χ2n) is 4.06. The van der Waals surface area contributed by atoms with E-state index < -0.39 is 30.5 Å². The Morgan fingerprint density at radius 3 is 2.67 bits per heavy atom. The molecule has 1 heterocycles. The van der Waals surface area contributed by atoms with Gasteiger partial charge in [0.2, 0.25) is 0 Å². The quantitative estimate of drug-likeness (QED) is 0.770. The predicted molar refractivity (Wildman–Crippen MR) is 61.8 cm³/mol. The van der Waals surface area contributed by atoms with Crippen molar-refractivity contribution in [3.05, 3.63) is 35.4 Å². The lowest BCUT2D eigenvalue weighted by atomic mass is 10.0. The maximum atomic E-state index is 12.0. The van der Waals surface area contributed by atoms with E-state index in [0.29, 0.717) is 10.5 Å². The lowest BCUT2D eigenvalue weighted by Crippen LogP contribution is -2.35. The monoisotopic (exact) mass is 248 g/mol. The number of amides is 3. The molecular weight excluding hydrogens is 236 g/mol. The summed E-state index contributed by atoms with van der Waals surface area (Å²) in [6, 6.07) is 5.70. The fourth-order valence-corrected chi connectivity index (χ4v) is 1.93. The number of carboxylic acids is 1. The van der Waals surface area contributed by atoms with Gasteiger partial charge < -0.3 is 10.4 Å². The average Bonchev–Trinajstić information content (AvgIpc) is 2.57. The molecule has 0 aromatic heterocycles. The summed E-state index contributed by atoms with van der Waals surface area (Å²) in [4.78, 5) is 34.8. The number of hydrogen-bond donors (Lipinski definition) is 2. The molecule has 1 aliphatic rings. The van der Waals surface area contributed by atoms with Crippen molar-refractivity contribution in [1.82, 2.24) is 10.2 Å². The Hall–Kier alpha value is -2.37. The number of aryl methyl sites for hydroxylation is 1. The Balaban J connectivity index is 2.28. The van der Waals surface area contributed by atoms with Crippen molar-refractivity contribution in [1.29, 1.82) is 0 Å². The summed E-state index contributed by atoms with van der Waals surface area (Å²) in [5, 5.41) is 11.1. The minimum absolute atomic E-state index is 0.531. The van der Waals surface area contributed by atoms with Gasteiger partial charge >= 0.3 is 12.0 Å². The van der Waals surface area contributed by atoms with Crippen LogP contribution in [0.25, 0.3) is 0 Å². The van der Waals surface area contributed by atoms with E-state index in [0.717, 1.165) is 5.56 Å². The van der Waals surface area contributed by atoms with Gasteiger partial charge in [0, 0.05) is 0 Å². The third kappa shape index (κ3) is 2.04. The fourth-order valence-electron chi connectivity index (χ4n) is 1.93. The van der Waals surface area contributed by atoms with Crippen molar-refractivity contribution in [2.45, 2.75) is 13.0 Å². The van der Waals surface area contributed by atoms with Gasteiger partial charge in [0.15, 0.2) is 0 Å². The van der Waals surface area contributed by atoms with Crippen LogP contribution >= 0.6 is 0 Å². The fraction of sp³-hybridized carbons (Fsp3) is 0.250. The molecule has 0 spiro atoms. The third-order valence-electron chi connectivity index (χ3n) is 2.82. The first-order valence-corrected chi connectivity index (χ1v) is 5.40. The maximum absolute atomic E-state index is 12.0. The number of carbonyl (C=O) groups is 3. The van der Waals surface area contributed by atoms with E-state index in [1.165, 1.54) is 0 Å². The number of carboxylic acid groups (broad SMARTS) is 1. The maximum Gasteiger partial charge on any atom is 0.325 e. The Labute approximate surface area is 103 Å². The molecule has 1 unspecified atom stereocenters. The van der Waals surface area contributed by atoms with Gasteiger partial charge in [-0.15, -0.1) is 0 Å². The minimum Gasteiger partial charge on any atom is -0.480 e. The lowest BCUT2D eigenvalue weighted by molar-refractivity contribution is -0.141. The highest BCUT2D eigenvalue weighted by atomic mass is 16.4. The molecule has 1 saturated heterocycles. The number of rotatable bonds is 3. The van der Waals surface area contributed by atoms with Crippen LogP contribution in [0.3, 0.4) is 0 Å². The molecule has 0 aliphatic carbocycles. The molecule has 6 nitrogen and oxygen atoms in total. The topological polar surface area (TPSA) is 86.7 Å². The van der Waals surface area contributed by atoms with Crippen LogP contribution in [0.1, 0.15) is 17.2 Å². The Morgan fingerprint density at radius 1 is 1.39 bits per heavy atom. The number of aliphatic carboxylic acids is 1. The number of carbonyl (C=O) groups excluding carboxylic acids is 2. The first kappa shape index (κ1) is 12.1. The molecule has 18 heavy (non-hydrogen) atoms. The number of benzene rings is 1. The summed E-state index contributed by atoms with van der Waals surface area (Å²) in [6.07, 6.45) is 0. The number of nitrogens with one attached hydrogen (secondary N) is 1. The minimum atomic E-state index is -1.22. The van der Waals surface area contributed by atoms with Gasteiger partial charge in [-0.3, -0.25) is 14.5 Å². The van der Waals surface area contributed by atoms with E-state index in [1.54, 1.807) is 12.1 Å². The highest BCUT2D eigenvalue weighted by Crippen LogP contribution is 2.24. The van der Waals surface area contributed by atoms with E-state index in [1.807, 2.05) is 19.1 Å². The van der Waals surface area contributed by atoms with Gasteiger partial charge in [0.1, 0.15) is 12.6 Å². The molecule has 0 radical (unpaired) electrons. The molecule has 3 amide bonds. The van der Waals surface area contributed by atoms with Crippen molar-refractivity contribution in [2.24, 2.45) is 0 Å². The largest absolute Gasteiger partial charge is 0.480 e. The van der Waals surface area contributed by atoms with Crippen LogP contribution in [-0.2, 0) is 9.59 Å². The molecular formula is C12H12N2O4. The van der Waals surface area contributed by atoms with Crippen LogP contribution < -0.4 is 5.32 Å². The summed E-state index contributed by atoms with van der Waals surface area (Å²) in [7, 11) is 0. The van der Waals surface area contributed by atoms with E-state index in [-0.39, 0.29) is 0 Å². The highest BCUT2D eigenvalue weighted by molar-refractivity contribution is 6.06. The lowest BCUT2D eigenvalue weighted by Gasteiger charge is -2.12. The van der Waals surface area contributed by atoms with Crippen molar-refractivity contribution in [3.8, 4) is 0 Å². The molecule has 1 aliphatic heterocycles. The normalized spacial score (nSPS) is 18.9. The Bertz CT molecular complexity index is 527. The molecule has 2 N–H and O–H groups in total. The molecule has 1 aromatic rings. The standard InChI is InChI=1S/C12H12N2O4/c1-7-4-2-3-5-8(7)10-11(17)14(6-9(15)16)12(18)13-10/h2-5,10H,6H2,1H3,(H,13,18)(H,15,16). The first-order valence-electron chi connectivity index (χ1n) is 5.40. The number of imide groups is 1. The first-order chi connectivity index (χ1) is 8.50. The van der Waals surface area contributed by atoms with Gasteiger partial charge in [0.05, 0.1) is 0 Å². The van der Waals surface area contributed by atoms with Crippen LogP contribution in [-0.4, -0.2) is 34.5 Å². The van der Waals surface area contributed by atoms with Crippen LogP contribution in [0.5, 0.6) is 0 Å². The number of hydrogen-bond acceptors (Lipinski definition) is 3. The van der Waals surface area contributed by atoms with Crippen molar-refractivity contribution in [2.75, 3.05) is 6.54 Å². The van der Waals surface area contributed by atoms with E-state index in [9.17, 15) is 14.4 Å². The van der Waals surface area contributed by atoms with Crippen molar-refractivity contribution < 1.29 is 19.5 Å². The molecule has 1 aromatic carbocycles. The second-order valence-corrected chi connectivity index (χ2v) is 4.06. The van der Waals surface area contributed by atoms with Gasteiger partial charge in [-0.1, -0.05) is 24.3 Å². The summed E-state index contributed by atoms with van der Waals surface area (Å²) in [5.41, 5.74) is 1.55. The smallest absolute Gasteiger partial charge is 0.325 e. The SMILES string of the molecule is Cc1ccccc1C1NC(=O)N(CC(=O)O)C1=O. The number of urea groups is 1. The molecule has 1 atom stereocenters. The Morgan fingerprint density at radius 2 is 2.06 bits per heavy atom. The van der Waals surface area contributed by atoms with Gasteiger partial charge in [-0.05, 0) is 18.1 Å². The van der Waals surface area contributed by atoms with Crippen molar-refractivity contribution >= 4 is 17.9 Å². The molecule has 0 bridgehead atoms. The summed E-state index contributed by atoms with van der Waals surface area (Å²) in [5.74, 6) is -1.75. The second kappa shape index (κ2) is 4.48. The highest BCUT2D eigenvalue weighted by Gasteiger charge is 2.40. The average molecular weight is 248 g/mol. The van der Waals surface area contributed by atoms with Crippen LogP contribution in [0.15, 0.2) is 24.3 Å². The summed E-state index contributed by atoms with van der Waals surface area (Å²) < 4.78 is 0. The summed E-state index contributed by atoms with van der Waals surface area (Å²) >= 11 is 0. The van der Waals surface area contributed by atoms with Crippen LogP contribution in [0.2, 0.25) is 0 Å². The van der Waals surface area contributed by atoms with Crippen molar-refractivity contribution in [3.63, 3.8) is 0 Å². The zero-order chi connectivity index (χ0) is 13.3. The Kier molecular flexibility index (Phi) is 3.01. The van der Waals surface area contributed by atoms with E-state index in [2.05, 4.69) is 5.32 Å². The molecule has 0 saturated carbocycles. The van der Waals surface area contributed by atoms with Crippen LogP contribution in [0, 0.1) is 6.92 Å². The molecule has 6 heteroatoms. The zero-order valence-electron chi connectivity index (χ0n) is 9.71. The molecule has 94 valence electrons. The molecule has 1 fully saturated rings. The predicted octanol–water partition coefficient (Wildman–Crippen LogP) is 0.673. The van der Waals surface area contributed by atoms with Crippen LogP contribution in [0.4, 0.5) is 4.79 Å².